The van der Waals surface area contributed by atoms with Crippen molar-refractivity contribution in [3.63, 3.8) is 0 Å². The molecule has 0 saturated carbocycles. The van der Waals surface area contributed by atoms with E-state index in [-0.39, 0.29) is 0 Å². The molecule has 0 amide bonds. The molecule has 2 aromatic rings. The van der Waals surface area contributed by atoms with Crippen molar-refractivity contribution in [3.05, 3.63) is 41.6 Å². The highest BCUT2D eigenvalue weighted by molar-refractivity contribution is 5.61. The maximum absolute atomic E-state index is 4.81. The Morgan fingerprint density at radius 3 is 2.58 bits per heavy atom. The molecule has 4 rings (SSSR count). The van der Waals surface area contributed by atoms with Crippen LogP contribution in [0.1, 0.15) is 17.7 Å². The molecule has 1 aromatic carbocycles. The predicted molar refractivity (Wildman–Crippen MR) is 74.8 cm³/mol. The minimum Gasteiger partial charge on any atom is -0.356 e. The maximum atomic E-state index is 4.81. The Hall–Kier alpha value is -1.94. The fourth-order valence-corrected chi connectivity index (χ4v) is 2.66. The van der Waals surface area contributed by atoms with Gasteiger partial charge in [-0.25, -0.2) is 9.97 Å². The maximum Gasteiger partial charge on any atom is 0.161 e. The first-order valence-corrected chi connectivity index (χ1v) is 6.83. The second-order valence-corrected chi connectivity index (χ2v) is 5.11. The molecule has 1 fully saturated rings. The number of anilines is 1. The van der Waals surface area contributed by atoms with Crippen molar-refractivity contribution in [2.45, 2.75) is 19.5 Å². The number of nitrogens with one attached hydrogen (secondary N) is 1. The van der Waals surface area contributed by atoms with Crippen LogP contribution in [-0.2, 0) is 13.1 Å². The minimum absolute atomic E-state index is 0.852. The van der Waals surface area contributed by atoms with Crippen LogP contribution in [0.15, 0.2) is 30.3 Å². The summed E-state index contributed by atoms with van der Waals surface area (Å²) < 4.78 is 0. The molecular weight excluding hydrogens is 236 g/mol. The Kier molecular flexibility index (Phi) is 2.48. The second kappa shape index (κ2) is 4.31. The van der Waals surface area contributed by atoms with Crippen LogP contribution in [0.4, 0.5) is 5.82 Å². The summed E-state index contributed by atoms with van der Waals surface area (Å²) >= 11 is 0. The molecule has 4 heteroatoms. The minimum atomic E-state index is 0.852. The van der Waals surface area contributed by atoms with Gasteiger partial charge in [0.1, 0.15) is 5.82 Å². The van der Waals surface area contributed by atoms with Gasteiger partial charge in [-0.3, -0.25) is 0 Å². The Labute approximate surface area is 112 Å². The summed E-state index contributed by atoms with van der Waals surface area (Å²) in [5, 5.41) is 3.38. The van der Waals surface area contributed by atoms with Gasteiger partial charge in [-0.1, -0.05) is 30.3 Å². The summed E-state index contributed by atoms with van der Waals surface area (Å²) in [5.74, 6) is 1.99. The number of benzene rings is 1. The molecule has 0 atom stereocenters. The van der Waals surface area contributed by atoms with Gasteiger partial charge < -0.3 is 10.2 Å². The summed E-state index contributed by atoms with van der Waals surface area (Å²) in [6, 6.07) is 10.2. The van der Waals surface area contributed by atoms with Crippen LogP contribution < -0.4 is 10.2 Å². The van der Waals surface area contributed by atoms with Crippen LogP contribution in [0.25, 0.3) is 11.4 Å². The highest BCUT2D eigenvalue weighted by Crippen LogP contribution is 2.30. The van der Waals surface area contributed by atoms with E-state index >= 15 is 0 Å². The molecule has 2 aliphatic rings. The van der Waals surface area contributed by atoms with Gasteiger partial charge in [-0.15, -0.1) is 0 Å². The molecule has 1 N–H and O–H groups in total. The first-order chi connectivity index (χ1) is 9.42. The van der Waals surface area contributed by atoms with Crippen LogP contribution in [0, 0.1) is 0 Å². The molecule has 1 saturated heterocycles. The third-order valence-corrected chi connectivity index (χ3v) is 3.85. The average Bonchev–Trinajstić information content (AvgIpc) is 2.86. The van der Waals surface area contributed by atoms with E-state index in [1.165, 1.54) is 12.0 Å². The van der Waals surface area contributed by atoms with Gasteiger partial charge in [0.05, 0.1) is 5.69 Å². The molecule has 2 aliphatic heterocycles. The summed E-state index contributed by atoms with van der Waals surface area (Å²) in [7, 11) is 0. The molecule has 19 heavy (non-hydrogen) atoms. The van der Waals surface area contributed by atoms with Crippen molar-refractivity contribution >= 4 is 5.82 Å². The number of rotatable bonds is 2. The van der Waals surface area contributed by atoms with Crippen LogP contribution in [0.2, 0.25) is 0 Å². The molecule has 0 aliphatic carbocycles. The molecule has 0 unspecified atom stereocenters. The van der Waals surface area contributed by atoms with Gasteiger partial charge in [0, 0.05) is 37.3 Å². The fourth-order valence-electron chi connectivity index (χ4n) is 2.66. The third-order valence-electron chi connectivity index (χ3n) is 3.85. The fraction of sp³-hybridized carbons (Fsp3) is 0.333. The molecule has 4 nitrogen and oxygen atoms in total. The van der Waals surface area contributed by atoms with Crippen molar-refractivity contribution in [2.24, 2.45) is 0 Å². The number of nitrogens with zero attached hydrogens (tertiary/aromatic N) is 3. The Bertz CT molecular complexity index is 605. The van der Waals surface area contributed by atoms with E-state index in [4.69, 9.17) is 9.97 Å². The van der Waals surface area contributed by atoms with Crippen molar-refractivity contribution in [3.8, 4) is 11.4 Å². The standard InChI is InChI=1S/C15H16N4/c1-2-5-11(6-3-1)14-17-13-10-16-9-12(13)15(18-14)19-7-4-8-19/h1-3,5-6,16H,4,7-10H2. The Balaban J connectivity index is 1.84. The lowest BCUT2D eigenvalue weighted by atomic mass is 10.1. The highest BCUT2D eigenvalue weighted by Gasteiger charge is 2.25. The average molecular weight is 252 g/mol. The molecular formula is C15H16N4. The third kappa shape index (κ3) is 1.79. The van der Waals surface area contributed by atoms with Gasteiger partial charge in [0.15, 0.2) is 5.82 Å². The van der Waals surface area contributed by atoms with E-state index in [0.29, 0.717) is 0 Å². The van der Waals surface area contributed by atoms with E-state index in [0.717, 1.165) is 49.1 Å². The van der Waals surface area contributed by atoms with Crippen molar-refractivity contribution in [2.75, 3.05) is 18.0 Å². The largest absolute Gasteiger partial charge is 0.356 e. The second-order valence-electron chi connectivity index (χ2n) is 5.11. The first kappa shape index (κ1) is 10.9. The van der Waals surface area contributed by atoms with Gasteiger partial charge >= 0.3 is 0 Å². The van der Waals surface area contributed by atoms with Crippen LogP contribution >= 0.6 is 0 Å². The predicted octanol–water partition coefficient (Wildman–Crippen LogP) is 1.96. The molecule has 3 heterocycles. The normalized spacial score (nSPS) is 17.2. The zero-order chi connectivity index (χ0) is 12.7. The van der Waals surface area contributed by atoms with Crippen LogP contribution in [0.3, 0.4) is 0 Å². The SMILES string of the molecule is c1ccc(-c2nc3c(c(N4CCC4)n2)CNC3)cc1. The summed E-state index contributed by atoms with van der Waals surface area (Å²) in [4.78, 5) is 11.9. The summed E-state index contributed by atoms with van der Waals surface area (Å²) in [6.45, 7) is 4.00. The van der Waals surface area contributed by atoms with E-state index in [1.54, 1.807) is 0 Å². The van der Waals surface area contributed by atoms with E-state index in [1.807, 2.05) is 18.2 Å². The topological polar surface area (TPSA) is 41.1 Å². The van der Waals surface area contributed by atoms with Gasteiger partial charge in [-0.2, -0.15) is 0 Å². The molecule has 0 spiro atoms. The lowest BCUT2D eigenvalue weighted by Crippen LogP contribution is -2.38. The molecule has 0 radical (unpaired) electrons. The lowest BCUT2D eigenvalue weighted by molar-refractivity contribution is 0.605. The van der Waals surface area contributed by atoms with E-state index in [2.05, 4.69) is 22.3 Å². The number of hydrogen-bond acceptors (Lipinski definition) is 4. The zero-order valence-corrected chi connectivity index (χ0v) is 10.8. The number of aromatic nitrogens is 2. The van der Waals surface area contributed by atoms with Gasteiger partial charge in [0.25, 0.3) is 0 Å². The van der Waals surface area contributed by atoms with Gasteiger partial charge in [0.2, 0.25) is 0 Å². The molecule has 96 valence electrons. The Morgan fingerprint density at radius 2 is 1.84 bits per heavy atom. The van der Waals surface area contributed by atoms with Crippen molar-refractivity contribution < 1.29 is 0 Å². The summed E-state index contributed by atoms with van der Waals surface area (Å²) in [5.41, 5.74) is 3.55. The first-order valence-electron chi connectivity index (χ1n) is 6.83. The van der Waals surface area contributed by atoms with E-state index < -0.39 is 0 Å². The zero-order valence-electron chi connectivity index (χ0n) is 10.8. The monoisotopic (exact) mass is 252 g/mol. The van der Waals surface area contributed by atoms with Crippen LogP contribution in [0.5, 0.6) is 0 Å². The molecule has 0 bridgehead atoms. The van der Waals surface area contributed by atoms with E-state index in [9.17, 15) is 0 Å². The highest BCUT2D eigenvalue weighted by atomic mass is 15.2. The lowest BCUT2D eigenvalue weighted by Gasteiger charge is -2.33. The summed E-state index contributed by atoms with van der Waals surface area (Å²) in [6.07, 6.45) is 1.27. The van der Waals surface area contributed by atoms with Crippen molar-refractivity contribution in [1.29, 1.82) is 0 Å². The molecule has 1 aromatic heterocycles. The van der Waals surface area contributed by atoms with Crippen LogP contribution in [-0.4, -0.2) is 23.1 Å². The number of hydrogen-bond donors (Lipinski definition) is 1. The quantitative estimate of drug-likeness (QED) is 0.887. The smallest absolute Gasteiger partial charge is 0.161 e. The Morgan fingerprint density at radius 1 is 1.00 bits per heavy atom. The van der Waals surface area contributed by atoms with Crippen molar-refractivity contribution in [1.82, 2.24) is 15.3 Å². The van der Waals surface area contributed by atoms with Gasteiger partial charge in [-0.05, 0) is 6.42 Å². The number of fused-ring (bicyclic) bond motifs is 1.